The van der Waals surface area contributed by atoms with Gasteiger partial charge in [0.2, 0.25) is 0 Å². The predicted octanol–water partition coefficient (Wildman–Crippen LogP) is 3.18. The molecule has 1 spiro atoms. The Hall–Kier alpha value is -2.27. The number of aromatic nitrogens is 2. The Morgan fingerprint density at radius 1 is 1.16 bits per heavy atom. The van der Waals surface area contributed by atoms with E-state index in [1.54, 1.807) is 18.6 Å². The minimum Gasteiger partial charge on any atom is -0.381 e. The summed E-state index contributed by atoms with van der Waals surface area (Å²) in [5.41, 5.74) is 2.70. The topological polar surface area (TPSA) is 55.3 Å². The summed E-state index contributed by atoms with van der Waals surface area (Å²) in [4.78, 5) is 23.5. The van der Waals surface area contributed by atoms with Crippen molar-refractivity contribution < 1.29 is 9.53 Å². The van der Waals surface area contributed by atoms with Crippen LogP contribution < -0.4 is 0 Å². The van der Waals surface area contributed by atoms with Gasteiger partial charge in [-0.1, -0.05) is 12.1 Å². The lowest BCUT2D eigenvalue weighted by Crippen LogP contribution is -2.48. The van der Waals surface area contributed by atoms with Crippen LogP contribution in [0.2, 0.25) is 0 Å². The van der Waals surface area contributed by atoms with Gasteiger partial charge in [-0.3, -0.25) is 14.8 Å². The number of piperidine rings is 1. The van der Waals surface area contributed by atoms with Crippen LogP contribution in [0.4, 0.5) is 0 Å². The van der Waals surface area contributed by atoms with Gasteiger partial charge in [0.15, 0.2) is 0 Å². The molecule has 1 aromatic carbocycles. The van der Waals surface area contributed by atoms with E-state index in [-0.39, 0.29) is 11.3 Å². The zero-order valence-electron chi connectivity index (χ0n) is 14.4. The number of nitrogens with zero attached hydrogens (tertiary/aromatic N) is 3. The van der Waals surface area contributed by atoms with Gasteiger partial charge in [0.05, 0.1) is 11.9 Å². The maximum absolute atomic E-state index is 13.1. The summed E-state index contributed by atoms with van der Waals surface area (Å²) < 4.78 is 5.53. The van der Waals surface area contributed by atoms with Gasteiger partial charge >= 0.3 is 0 Å². The molecule has 0 atom stereocenters. The van der Waals surface area contributed by atoms with Crippen LogP contribution in [0.15, 0.2) is 42.9 Å². The van der Waals surface area contributed by atoms with E-state index in [2.05, 4.69) is 9.97 Å². The quantitative estimate of drug-likeness (QED) is 0.844. The number of carbonyl (C=O) groups excluding carboxylic acids is 1. The van der Waals surface area contributed by atoms with E-state index in [0.717, 1.165) is 62.4 Å². The molecule has 2 fully saturated rings. The fourth-order valence-electron chi connectivity index (χ4n) is 4.04. The number of rotatable bonds is 2. The van der Waals surface area contributed by atoms with Crippen LogP contribution in [0.25, 0.3) is 11.3 Å². The van der Waals surface area contributed by atoms with E-state index >= 15 is 0 Å². The smallest absolute Gasteiger partial charge is 0.253 e. The van der Waals surface area contributed by atoms with Crippen molar-refractivity contribution in [1.29, 1.82) is 0 Å². The van der Waals surface area contributed by atoms with E-state index in [0.29, 0.717) is 0 Å². The van der Waals surface area contributed by atoms with Crippen LogP contribution in [-0.2, 0) is 4.74 Å². The summed E-state index contributed by atoms with van der Waals surface area (Å²) in [5.74, 6) is 0.122. The fourth-order valence-corrected chi connectivity index (χ4v) is 4.04. The van der Waals surface area contributed by atoms with Gasteiger partial charge in [-0.2, -0.15) is 0 Å². The number of ether oxygens (including phenoxy) is 1. The zero-order chi connectivity index (χ0) is 17.1. The Balaban J connectivity index is 1.54. The first kappa shape index (κ1) is 16.2. The third-order valence-electron chi connectivity index (χ3n) is 5.47. The number of benzene rings is 1. The number of likely N-dealkylation sites (tertiary alicyclic amines) is 1. The Morgan fingerprint density at radius 2 is 2.04 bits per heavy atom. The molecule has 0 bridgehead atoms. The SMILES string of the molecule is O=C(c1cccc(-c2cnccn2)c1)N1CCCC2(CCOCC2)C1. The Bertz CT molecular complexity index is 736. The highest BCUT2D eigenvalue weighted by Gasteiger charge is 2.38. The van der Waals surface area contributed by atoms with E-state index in [1.807, 2.05) is 29.2 Å². The van der Waals surface area contributed by atoms with Gasteiger partial charge in [0.25, 0.3) is 5.91 Å². The second-order valence-electron chi connectivity index (χ2n) is 7.11. The normalized spacial score (nSPS) is 19.8. The lowest BCUT2D eigenvalue weighted by atomic mass is 9.74. The summed E-state index contributed by atoms with van der Waals surface area (Å²) in [6.07, 6.45) is 9.46. The van der Waals surface area contributed by atoms with E-state index in [9.17, 15) is 4.79 Å². The first-order valence-corrected chi connectivity index (χ1v) is 8.99. The van der Waals surface area contributed by atoms with Crippen molar-refractivity contribution in [2.45, 2.75) is 25.7 Å². The Labute approximate surface area is 148 Å². The van der Waals surface area contributed by atoms with Crippen LogP contribution in [0.3, 0.4) is 0 Å². The summed E-state index contributed by atoms with van der Waals surface area (Å²) in [7, 11) is 0. The number of hydrogen-bond donors (Lipinski definition) is 0. The minimum absolute atomic E-state index is 0.122. The third kappa shape index (κ3) is 3.42. The molecule has 5 nitrogen and oxygen atoms in total. The van der Waals surface area contributed by atoms with Crippen molar-refractivity contribution in [3.63, 3.8) is 0 Å². The average molecular weight is 337 g/mol. The van der Waals surface area contributed by atoms with Crippen molar-refractivity contribution in [2.24, 2.45) is 5.41 Å². The maximum Gasteiger partial charge on any atom is 0.253 e. The largest absolute Gasteiger partial charge is 0.381 e. The Morgan fingerprint density at radius 3 is 2.84 bits per heavy atom. The third-order valence-corrected chi connectivity index (χ3v) is 5.47. The highest BCUT2D eigenvalue weighted by Crippen LogP contribution is 2.39. The molecule has 2 aliphatic heterocycles. The molecule has 2 aliphatic rings. The van der Waals surface area contributed by atoms with E-state index in [4.69, 9.17) is 4.74 Å². The van der Waals surface area contributed by atoms with Crippen molar-refractivity contribution in [3.05, 3.63) is 48.4 Å². The molecule has 0 aliphatic carbocycles. The molecule has 5 heteroatoms. The molecular weight excluding hydrogens is 314 g/mol. The van der Waals surface area contributed by atoms with Crippen molar-refractivity contribution >= 4 is 5.91 Å². The first-order valence-electron chi connectivity index (χ1n) is 8.99. The molecule has 1 amide bonds. The van der Waals surface area contributed by atoms with E-state index in [1.165, 1.54) is 6.42 Å². The van der Waals surface area contributed by atoms with Crippen LogP contribution in [0.5, 0.6) is 0 Å². The number of amides is 1. The molecule has 1 aromatic heterocycles. The predicted molar refractivity (Wildman–Crippen MR) is 95.1 cm³/mol. The first-order chi connectivity index (χ1) is 12.3. The summed E-state index contributed by atoms with van der Waals surface area (Å²) in [6, 6.07) is 7.72. The van der Waals surface area contributed by atoms with Crippen molar-refractivity contribution in [3.8, 4) is 11.3 Å². The molecule has 0 saturated carbocycles. The highest BCUT2D eigenvalue weighted by atomic mass is 16.5. The second-order valence-corrected chi connectivity index (χ2v) is 7.11. The minimum atomic E-state index is 0.122. The lowest BCUT2D eigenvalue weighted by molar-refractivity contribution is -0.0229. The zero-order valence-corrected chi connectivity index (χ0v) is 14.4. The Kier molecular flexibility index (Phi) is 4.49. The van der Waals surface area contributed by atoms with Crippen molar-refractivity contribution in [2.75, 3.05) is 26.3 Å². The van der Waals surface area contributed by atoms with Crippen LogP contribution in [0, 0.1) is 5.41 Å². The van der Waals surface area contributed by atoms with Crippen LogP contribution in [0.1, 0.15) is 36.0 Å². The summed E-state index contributed by atoms with van der Waals surface area (Å²) in [5, 5.41) is 0. The second kappa shape index (κ2) is 6.92. The molecule has 2 saturated heterocycles. The molecule has 0 radical (unpaired) electrons. The van der Waals surface area contributed by atoms with Crippen LogP contribution in [-0.4, -0.2) is 47.1 Å². The molecule has 2 aromatic rings. The molecule has 0 N–H and O–H groups in total. The number of carbonyl (C=O) groups is 1. The summed E-state index contributed by atoms with van der Waals surface area (Å²) in [6.45, 7) is 3.34. The van der Waals surface area contributed by atoms with Gasteiger partial charge in [-0.05, 0) is 43.2 Å². The average Bonchev–Trinajstić information content (AvgIpc) is 2.69. The van der Waals surface area contributed by atoms with E-state index < -0.39 is 0 Å². The van der Waals surface area contributed by atoms with Crippen molar-refractivity contribution in [1.82, 2.24) is 14.9 Å². The fraction of sp³-hybridized carbons (Fsp3) is 0.450. The highest BCUT2D eigenvalue weighted by molar-refractivity contribution is 5.95. The lowest BCUT2D eigenvalue weighted by Gasteiger charge is -2.45. The molecule has 4 rings (SSSR count). The molecule has 130 valence electrons. The van der Waals surface area contributed by atoms with Gasteiger partial charge in [-0.25, -0.2) is 0 Å². The maximum atomic E-state index is 13.1. The monoisotopic (exact) mass is 337 g/mol. The molecular formula is C20H23N3O2. The van der Waals surface area contributed by atoms with Gasteiger partial charge in [-0.15, -0.1) is 0 Å². The molecule has 0 unspecified atom stereocenters. The van der Waals surface area contributed by atoms with Gasteiger partial charge < -0.3 is 9.64 Å². The number of hydrogen-bond acceptors (Lipinski definition) is 4. The molecule has 25 heavy (non-hydrogen) atoms. The van der Waals surface area contributed by atoms with Gasteiger partial charge in [0, 0.05) is 49.8 Å². The van der Waals surface area contributed by atoms with Crippen LogP contribution >= 0.6 is 0 Å². The van der Waals surface area contributed by atoms with Gasteiger partial charge in [0.1, 0.15) is 0 Å². The standard InChI is InChI=1S/C20H23N3O2/c24-19(23-10-2-5-20(15-23)6-11-25-12-7-20)17-4-1-3-16(13-17)18-14-21-8-9-22-18/h1,3-4,8-9,13-14H,2,5-7,10-12,15H2. The molecule has 3 heterocycles. The summed E-state index contributed by atoms with van der Waals surface area (Å²) >= 11 is 0.